The molecule has 0 amide bonds. The zero-order valence-corrected chi connectivity index (χ0v) is 9.73. The molecule has 0 fully saturated rings. The Bertz CT molecular complexity index is 534. The van der Waals surface area contributed by atoms with Crippen molar-refractivity contribution in [1.82, 2.24) is 0 Å². The number of hydrogen-bond donors (Lipinski definition) is 1. The molecule has 0 bridgehead atoms. The van der Waals surface area contributed by atoms with E-state index < -0.39 is 23.7 Å². The molecule has 1 unspecified atom stereocenters. The van der Waals surface area contributed by atoms with Crippen LogP contribution < -0.4 is 0 Å². The van der Waals surface area contributed by atoms with Crippen LogP contribution in [0.5, 0.6) is 0 Å². The Kier molecular flexibility index (Phi) is 3.41. The van der Waals surface area contributed by atoms with Crippen LogP contribution in [0.25, 0.3) is 0 Å². The fraction of sp³-hybridized carbons (Fsp3) is 0.167. The van der Waals surface area contributed by atoms with Crippen LogP contribution in [0.15, 0.2) is 35.7 Å². The molecule has 2 rings (SSSR count). The average molecular weight is 276 g/mol. The molecule has 0 aliphatic carbocycles. The normalized spacial score (nSPS) is 13.6. The van der Waals surface area contributed by atoms with E-state index in [0.717, 1.165) is 12.1 Å². The Hall–Kier alpha value is -1.40. The molecule has 0 aliphatic heterocycles. The Morgan fingerprint density at radius 2 is 1.89 bits per heavy atom. The van der Waals surface area contributed by atoms with Gasteiger partial charge in [-0.1, -0.05) is 12.1 Å². The van der Waals surface area contributed by atoms with Gasteiger partial charge in [-0.25, -0.2) is 4.39 Å². The second kappa shape index (κ2) is 4.70. The van der Waals surface area contributed by atoms with E-state index >= 15 is 0 Å². The molecular formula is C12H8F4OS. The van der Waals surface area contributed by atoms with Crippen LogP contribution in [0, 0.1) is 5.82 Å². The molecule has 1 heterocycles. The SMILES string of the molecule is OC(c1ccc(F)c(C(F)(F)F)c1)c1cccs1. The molecule has 0 saturated heterocycles. The summed E-state index contributed by atoms with van der Waals surface area (Å²) < 4.78 is 50.6. The van der Waals surface area contributed by atoms with E-state index in [9.17, 15) is 22.7 Å². The summed E-state index contributed by atoms with van der Waals surface area (Å²) in [7, 11) is 0. The monoisotopic (exact) mass is 276 g/mol. The molecule has 1 aromatic carbocycles. The third-order valence-electron chi connectivity index (χ3n) is 2.42. The zero-order chi connectivity index (χ0) is 13.3. The lowest BCUT2D eigenvalue weighted by atomic mass is 10.0. The highest BCUT2D eigenvalue weighted by molar-refractivity contribution is 7.10. The van der Waals surface area contributed by atoms with Crippen molar-refractivity contribution in [2.45, 2.75) is 12.3 Å². The second-order valence-corrected chi connectivity index (χ2v) is 4.63. The Morgan fingerprint density at radius 3 is 2.44 bits per heavy atom. The van der Waals surface area contributed by atoms with Crippen molar-refractivity contribution < 1.29 is 22.7 Å². The van der Waals surface area contributed by atoms with E-state index in [1.807, 2.05) is 0 Å². The topological polar surface area (TPSA) is 20.2 Å². The largest absolute Gasteiger partial charge is 0.419 e. The predicted octanol–water partition coefficient (Wildman–Crippen LogP) is 3.99. The second-order valence-electron chi connectivity index (χ2n) is 3.65. The summed E-state index contributed by atoms with van der Waals surface area (Å²) in [6.45, 7) is 0. The number of alkyl halides is 3. The van der Waals surface area contributed by atoms with Crippen molar-refractivity contribution >= 4 is 11.3 Å². The lowest BCUT2D eigenvalue weighted by molar-refractivity contribution is -0.140. The Morgan fingerprint density at radius 1 is 1.17 bits per heavy atom. The number of hydrogen-bond acceptors (Lipinski definition) is 2. The maximum absolute atomic E-state index is 13.1. The van der Waals surface area contributed by atoms with Crippen molar-refractivity contribution in [3.63, 3.8) is 0 Å². The first kappa shape index (κ1) is 13.0. The van der Waals surface area contributed by atoms with Crippen LogP contribution in [-0.4, -0.2) is 5.11 Å². The number of halogens is 4. The summed E-state index contributed by atoms with van der Waals surface area (Å²) >= 11 is 1.22. The van der Waals surface area contributed by atoms with Gasteiger partial charge in [0.25, 0.3) is 0 Å². The first-order chi connectivity index (χ1) is 8.39. The molecule has 1 atom stereocenters. The molecule has 18 heavy (non-hydrogen) atoms. The minimum absolute atomic E-state index is 0.0196. The predicted molar refractivity (Wildman–Crippen MR) is 59.8 cm³/mol. The summed E-state index contributed by atoms with van der Waals surface area (Å²) in [5.41, 5.74) is -1.35. The number of thiophene rings is 1. The molecule has 96 valence electrons. The van der Waals surface area contributed by atoms with E-state index in [2.05, 4.69) is 0 Å². The number of benzene rings is 1. The average Bonchev–Trinajstić information content (AvgIpc) is 2.80. The fourth-order valence-corrected chi connectivity index (χ4v) is 2.28. The fourth-order valence-electron chi connectivity index (χ4n) is 1.54. The molecule has 2 aromatic rings. The lowest BCUT2D eigenvalue weighted by Crippen LogP contribution is -2.10. The Labute approximate surface area is 104 Å². The van der Waals surface area contributed by atoms with Crippen LogP contribution in [0.2, 0.25) is 0 Å². The molecule has 1 N–H and O–H groups in total. The quantitative estimate of drug-likeness (QED) is 0.822. The van der Waals surface area contributed by atoms with Crippen molar-refractivity contribution in [2.24, 2.45) is 0 Å². The van der Waals surface area contributed by atoms with Crippen molar-refractivity contribution in [2.75, 3.05) is 0 Å². The summed E-state index contributed by atoms with van der Waals surface area (Å²) in [4.78, 5) is 0.509. The van der Waals surface area contributed by atoms with E-state index in [1.54, 1.807) is 17.5 Å². The number of aliphatic hydroxyl groups excluding tert-OH is 1. The smallest absolute Gasteiger partial charge is 0.383 e. The van der Waals surface area contributed by atoms with Gasteiger partial charge in [-0.2, -0.15) is 13.2 Å². The maximum atomic E-state index is 13.1. The first-order valence-electron chi connectivity index (χ1n) is 4.97. The highest BCUT2D eigenvalue weighted by atomic mass is 32.1. The van der Waals surface area contributed by atoms with Crippen LogP contribution in [0.4, 0.5) is 17.6 Å². The van der Waals surface area contributed by atoms with E-state index in [1.165, 1.54) is 11.3 Å². The van der Waals surface area contributed by atoms with Crippen LogP contribution in [0.1, 0.15) is 22.1 Å². The van der Waals surface area contributed by atoms with Crippen molar-refractivity contribution in [3.8, 4) is 0 Å². The molecular weight excluding hydrogens is 268 g/mol. The summed E-state index contributed by atoms with van der Waals surface area (Å²) in [5.74, 6) is -1.34. The highest BCUT2D eigenvalue weighted by Crippen LogP contribution is 2.34. The highest BCUT2D eigenvalue weighted by Gasteiger charge is 2.34. The van der Waals surface area contributed by atoms with Gasteiger partial charge in [-0.15, -0.1) is 11.3 Å². The lowest BCUT2D eigenvalue weighted by Gasteiger charge is -2.13. The van der Waals surface area contributed by atoms with Crippen LogP contribution in [0.3, 0.4) is 0 Å². The van der Waals surface area contributed by atoms with Gasteiger partial charge in [0.2, 0.25) is 0 Å². The van der Waals surface area contributed by atoms with E-state index in [0.29, 0.717) is 10.9 Å². The van der Waals surface area contributed by atoms with Gasteiger partial charge in [-0.3, -0.25) is 0 Å². The molecule has 0 aliphatic rings. The van der Waals surface area contributed by atoms with E-state index in [-0.39, 0.29) is 5.56 Å². The van der Waals surface area contributed by atoms with Crippen LogP contribution in [-0.2, 0) is 6.18 Å². The molecule has 0 radical (unpaired) electrons. The third-order valence-corrected chi connectivity index (χ3v) is 3.35. The van der Waals surface area contributed by atoms with Gasteiger partial charge in [0.1, 0.15) is 11.9 Å². The summed E-state index contributed by atoms with van der Waals surface area (Å²) in [5, 5.41) is 11.6. The number of aliphatic hydroxyl groups is 1. The van der Waals surface area contributed by atoms with Gasteiger partial charge in [0, 0.05) is 4.88 Å². The van der Waals surface area contributed by atoms with E-state index in [4.69, 9.17) is 0 Å². The molecule has 1 nitrogen and oxygen atoms in total. The maximum Gasteiger partial charge on any atom is 0.419 e. The summed E-state index contributed by atoms with van der Waals surface area (Å²) in [6, 6.07) is 5.78. The first-order valence-corrected chi connectivity index (χ1v) is 5.85. The number of rotatable bonds is 2. The third kappa shape index (κ3) is 2.54. The molecule has 0 saturated carbocycles. The Balaban J connectivity index is 2.42. The molecule has 1 aromatic heterocycles. The van der Waals surface area contributed by atoms with Gasteiger partial charge < -0.3 is 5.11 Å². The zero-order valence-electron chi connectivity index (χ0n) is 8.91. The molecule has 0 spiro atoms. The summed E-state index contributed by atoms with van der Waals surface area (Å²) in [6.07, 6.45) is -5.94. The van der Waals surface area contributed by atoms with Crippen molar-refractivity contribution in [3.05, 3.63) is 57.5 Å². The van der Waals surface area contributed by atoms with Gasteiger partial charge in [-0.05, 0) is 29.1 Å². The minimum Gasteiger partial charge on any atom is -0.383 e. The molecule has 6 heteroatoms. The van der Waals surface area contributed by atoms with Gasteiger partial charge in [0.15, 0.2) is 0 Å². The van der Waals surface area contributed by atoms with Gasteiger partial charge >= 0.3 is 6.18 Å². The van der Waals surface area contributed by atoms with Crippen molar-refractivity contribution in [1.29, 1.82) is 0 Å². The standard InChI is InChI=1S/C12H8F4OS/c13-9-4-3-7(6-8(9)12(14,15)16)11(17)10-2-1-5-18-10/h1-6,11,17H. The minimum atomic E-state index is -4.77. The van der Waals surface area contributed by atoms with Gasteiger partial charge in [0.05, 0.1) is 5.56 Å². The van der Waals surface area contributed by atoms with Crippen LogP contribution >= 0.6 is 11.3 Å².